The number of allylic oxidation sites excluding steroid dienone is 1. The predicted octanol–water partition coefficient (Wildman–Crippen LogP) is 8.64. The van der Waals surface area contributed by atoms with Crippen LogP contribution in [0.2, 0.25) is 0 Å². The Morgan fingerprint density at radius 3 is 1.39 bits per heavy atom. The number of unbranched alkanes of at least 4 members (excludes halogenated alkanes) is 13. The third kappa shape index (κ3) is 18.6. The fourth-order valence-corrected chi connectivity index (χ4v) is 3.88. The lowest BCUT2D eigenvalue weighted by molar-refractivity contribution is -0.136. The molecule has 0 N–H and O–H groups in total. The summed E-state index contributed by atoms with van der Waals surface area (Å²) in [6.45, 7) is 8.69. The second kappa shape index (κ2) is 19.5. The Morgan fingerprint density at radius 2 is 1.04 bits per heavy atom. The summed E-state index contributed by atoms with van der Waals surface area (Å²) in [7, 11) is 1.44. The third-order valence-electron chi connectivity index (χ3n) is 5.73. The number of methoxy groups -OCH3 is 1. The molecule has 0 aliphatic carbocycles. The van der Waals surface area contributed by atoms with Gasteiger partial charge in [0.25, 0.3) is 0 Å². The van der Waals surface area contributed by atoms with Gasteiger partial charge >= 0.3 is 5.97 Å². The summed E-state index contributed by atoms with van der Waals surface area (Å²) < 4.78 is 4.74. The molecule has 0 radical (unpaired) electrons. The Hall–Kier alpha value is -0.790. The summed E-state index contributed by atoms with van der Waals surface area (Å²) >= 11 is 0. The van der Waals surface area contributed by atoms with Crippen molar-refractivity contribution in [3.63, 3.8) is 0 Å². The first-order valence-electron chi connectivity index (χ1n) is 12.2. The smallest absolute Gasteiger partial charge is 0.333 e. The van der Waals surface area contributed by atoms with E-state index in [9.17, 15) is 4.79 Å². The molecular formula is C26H50O2. The van der Waals surface area contributed by atoms with Crippen LogP contribution in [0.3, 0.4) is 0 Å². The van der Waals surface area contributed by atoms with Gasteiger partial charge in [0.2, 0.25) is 0 Å². The van der Waals surface area contributed by atoms with E-state index >= 15 is 0 Å². The lowest BCUT2D eigenvalue weighted by Crippen LogP contribution is -2.03. The maximum Gasteiger partial charge on any atom is 0.333 e. The zero-order valence-electron chi connectivity index (χ0n) is 19.9. The van der Waals surface area contributed by atoms with Crippen LogP contribution in [0.1, 0.15) is 130 Å². The van der Waals surface area contributed by atoms with Gasteiger partial charge in [0.1, 0.15) is 0 Å². The molecule has 0 aliphatic heterocycles. The zero-order chi connectivity index (χ0) is 21.0. The summed E-state index contributed by atoms with van der Waals surface area (Å²) in [6, 6.07) is 0. The van der Waals surface area contributed by atoms with Crippen LogP contribution < -0.4 is 0 Å². The molecule has 0 spiro atoms. The van der Waals surface area contributed by atoms with Crippen LogP contribution in [0.15, 0.2) is 11.6 Å². The summed E-state index contributed by atoms with van der Waals surface area (Å²) in [5.74, 6) is 1.14. The standard InChI is InChI=1S/C26H50O2/c1-23(2)20-18-16-14-12-10-8-6-7-9-11-13-15-17-19-21-24(3)22-25(4)26(27)28-5/h22-24H,6-21H2,1-5H3/b25-22+. The maximum absolute atomic E-state index is 11.4. The molecule has 0 bridgehead atoms. The first kappa shape index (κ1) is 27.2. The van der Waals surface area contributed by atoms with Gasteiger partial charge in [-0.25, -0.2) is 4.79 Å². The van der Waals surface area contributed by atoms with Gasteiger partial charge in [0.05, 0.1) is 7.11 Å². The quantitative estimate of drug-likeness (QED) is 0.124. The van der Waals surface area contributed by atoms with Crippen LogP contribution in [-0.2, 0) is 9.53 Å². The van der Waals surface area contributed by atoms with Gasteiger partial charge in [-0.1, -0.05) is 123 Å². The highest BCUT2D eigenvalue weighted by Gasteiger charge is 2.06. The van der Waals surface area contributed by atoms with Crippen LogP contribution in [0, 0.1) is 11.8 Å². The largest absolute Gasteiger partial charge is 0.466 e. The van der Waals surface area contributed by atoms with Crippen molar-refractivity contribution < 1.29 is 9.53 Å². The molecular weight excluding hydrogens is 344 g/mol. The van der Waals surface area contributed by atoms with Gasteiger partial charge < -0.3 is 4.74 Å². The highest BCUT2D eigenvalue weighted by atomic mass is 16.5. The summed E-state index contributed by atoms with van der Waals surface area (Å²) in [4.78, 5) is 11.4. The highest BCUT2D eigenvalue weighted by molar-refractivity contribution is 5.87. The van der Waals surface area contributed by atoms with Gasteiger partial charge in [-0.15, -0.1) is 0 Å². The average molecular weight is 395 g/mol. The van der Waals surface area contributed by atoms with Crippen molar-refractivity contribution in [2.75, 3.05) is 7.11 Å². The molecule has 2 nitrogen and oxygen atoms in total. The van der Waals surface area contributed by atoms with Crippen molar-refractivity contribution in [1.82, 2.24) is 0 Å². The third-order valence-corrected chi connectivity index (χ3v) is 5.73. The van der Waals surface area contributed by atoms with Crippen LogP contribution in [0.4, 0.5) is 0 Å². The van der Waals surface area contributed by atoms with E-state index in [1.54, 1.807) is 0 Å². The number of esters is 1. The fraction of sp³-hybridized carbons (Fsp3) is 0.885. The Labute approximate surface area is 176 Å². The monoisotopic (exact) mass is 394 g/mol. The molecule has 0 saturated heterocycles. The van der Waals surface area contributed by atoms with Gasteiger partial charge in [-0.3, -0.25) is 0 Å². The molecule has 0 aromatic heterocycles. The topological polar surface area (TPSA) is 26.3 Å². The molecule has 0 aromatic rings. The van der Waals surface area contributed by atoms with E-state index in [2.05, 4.69) is 26.8 Å². The van der Waals surface area contributed by atoms with Crippen molar-refractivity contribution in [2.24, 2.45) is 11.8 Å². The number of carbonyl (C=O) groups excluding carboxylic acids is 1. The van der Waals surface area contributed by atoms with Crippen LogP contribution in [0.25, 0.3) is 0 Å². The summed E-state index contributed by atoms with van der Waals surface area (Å²) in [6.07, 6.45) is 24.3. The molecule has 28 heavy (non-hydrogen) atoms. The lowest BCUT2D eigenvalue weighted by Gasteiger charge is -2.08. The van der Waals surface area contributed by atoms with Gasteiger partial charge in [-0.05, 0) is 25.2 Å². The SMILES string of the molecule is COC(=O)/C(C)=C/C(C)CCCCCCCCCCCCCCCCC(C)C. The second-order valence-electron chi connectivity index (χ2n) is 9.24. The summed E-state index contributed by atoms with van der Waals surface area (Å²) in [5.41, 5.74) is 0.737. The number of hydrogen-bond acceptors (Lipinski definition) is 2. The molecule has 0 saturated carbocycles. The Bertz CT molecular complexity index is 384. The van der Waals surface area contributed by atoms with E-state index in [1.807, 2.05) is 6.92 Å². The van der Waals surface area contributed by atoms with Gasteiger partial charge in [0, 0.05) is 5.57 Å². The molecule has 0 amide bonds. The zero-order valence-corrected chi connectivity index (χ0v) is 19.9. The van der Waals surface area contributed by atoms with Crippen molar-refractivity contribution in [3.8, 4) is 0 Å². The van der Waals surface area contributed by atoms with Crippen LogP contribution in [0.5, 0.6) is 0 Å². The Morgan fingerprint density at radius 1 is 0.679 bits per heavy atom. The summed E-state index contributed by atoms with van der Waals surface area (Å²) in [5, 5.41) is 0. The molecule has 0 heterocycles. The van der Waals surface area contributed by atoms with Gasteiger partial charge in [0.15, 0.2) is 0 Å². The molecule has 0 fully saturated rings. The number of hydrogen-bond donors (Lipinski definition) is 0. The molecule has 0 rings (SSSR count). The normalized spacial score (nSPS) is 13.1. The van der Waals surface area contributed by atoms with Crippen LogP contribution in [-0.4, -0.2) is 13.1 Å². The molecule has 0 aliphatic rings. The van der Waals surface area contributed by atoms with Crippen molar-refractivity contribution in [3.05, 3.63) is 11.6 Å². The average Bonchev–Trinajstić information content (AvgIpc) is 2.66. The first-order valence-corrected chi connectivity index (χ1v) is 12.2. The van der Waals surface area contributed by atoms with Crippen LogP contribution >= 0.6 is 0 Å². The maximum atomic E-state index is 11.4. The molecule has 1 atom stereocenters. The van der Waals surface area contributed by atoms with E-state index in [4.69, 9.17) is 4.74 Å². The molecule has 166 valence electrons. The van der Waals surface area contributed by atoms with E-state index in [-0.39, 0.29) is 5.97 Å². The van der Waals surface area contributed by atoms with E-state index < -0.39 is 0 Å². The van der Waals surface area contributed by atoms with E-state index in [1.165, 1.54) is 110 Å². The number of rotatable bonds is 19. The minimum Gasteiger partial charge on any atom is -0.466 e. The molecule has 2 heteroatoms. The minimum absolute atomic E-state index is 0.200. The fourth-order valence-electron chi connectivity index (χ4n) is 3.88. The lowest BCUT2D eigenvalue weighted by atomic mass is 9.99. The predicted molar refractivity (Wildman–Crippen MR) is 124 cm³/mol. The second-order valence-corrected chi connectivity index (χ2v) is 9.24. The van der Waals surface area contributed by atoms with Crippen molar-refractivity contribution in [2.45, 2.75) is 130 Å². The highest BCUT2D eigenvalue weighted by Crippen LogP contribution is 2.17. The first-order chi connectivity index (χ1) is 13.5. The van der Waals surface area contributed by atoms with E-state index in [0.717, 1.165) is 11.5 Å². The van der Waals surface area contributed by atoms with Gasteiger partial charge in [-0.2, -0.15) is 0 Å². The van der Waals surface area contributed by atoms with Crippen molar-refractivity contribution >= 4 is 5.97 Å². The Kier molecular flexibility index (Phi) is 19.0. The molecule has 1 unspecified atom stereocenters. The number of ether oxygens (including phenoxy) is 1. The Balaban J connectivity index is 3.29. The molecule has 0 aromatic carbocycles. The van der Waals surface area contributed by atoms with E-state index in [0.29, 0.717) is 5.92 Å². The minimum atomic E-state index is -0.200. The van der Waals surface area contributed by atoms with Crippen molar-refractivity contribution in [1.29, 1.82) is 0 Å². The number of carbonyl (C=O) groups is 1.